The first-order valence-corrected chi connectivity index (χ1v) is 12.8. The average Bonchev–Trinajstić information content (AvgIpc) is 3.31. The van der Waals surface area contributed by atoms with Crippen LogP contribution < -0.4 is 0 Å². The van der Waals surface area contributed by atoms with E-state index >= 15 is 0 Å². The Labute approximate surface area is 214 Å². The molecule has 0 amide bonds. The van der Waals surface area contributed by atoms with E-state index < -0.39 is 0 Å². The van der Waals surface area contributed by atoms with Crippen LogP contribution in [0.1, 0.15) is 74.9 Å². The molecule has 2 aliphatic rings. The number of ketones is 1. The number of Topliss-reactive ketones (excluding diaryl/α,β-unsaturated/α-hetero) is 1. The van der Waals surface area contributed by atoms with E-state index in [1.54, 1.807) is 0 Å². The van der Waals surface area contributed by atoms with Crippen molar-refractivity contribution >= 4 is 38.8 Å². The first-order valence-electron chi connectivity index (χ1n) is 12.8. The van der Waals surface area contributed by atoms with Crippen molar-refractivity contribution in [3.8, 4) is 0 Å². The molecule has 1 nitrogen and oxygen atoms in total. The lowest BCUT2D eigenvalue weighted by Gasteiger charge is -2.23. The van der Waals surface area contributed by atoms with Crippen molar-refractivity contribution in [1.29, 1.82) is 0 Å². The van der Waals surface area contributed by atoms with Crippen molar-refractivity contribution in [3.05, 3.63) is 118 Å². The summed E-state index contributed by atoms with van der Waals surface area (Å²) in [5, 5.41) is 2.54. The fourth-order valence-electron chi connectivity index (χ4n) is 5.68. The van der Waals surface area contributed by atoms with Gasteiger partial charge in [0, 0.05) is 22.3 Å². The number of benzene rings is 4. The molecule has 2 aliphatic carbocycles. The second-order valence-corrected chi connectivity index (χ2v) is 12.2. The van der Waals surface area contributed by atoms with Crippen LogP contribution in [-0.4, -0.2) is 5.78 Å². The molecule has 36 heavy (non-hydrogen) atoms. The summed E-state index contributed by atoms with van der Waals surface area (Å²) in [5.74, 6) is 0.124. The summed E-state index contributed by atoms with van der Waals surface area (Å²) in [5.41, 5.74) is 10.8. The van der Waals surface area contributed by atoms with Crippen LogP contribution >= 0.6 is 0 Å². The lowest BCUT2D eigenvalue weighted by Crippen LogP contribution is -2.13. The number of rotatable bonds is 2. The van der Waals surface area contributed by atoms with Gasteiger partial charge in [-0.3, -0.25) is 4.79 Å². The highest BCUT2D eigenvalue weighted by atomic mass is 16.1. The predicted molar refractivity (Wildman–Crippen MR) is 153 cm³/mol. The van der Waals surface area contributed by atoms with Crippen molar-refractivity contribution in [3.63, 3.8) is 0 Å². The number of carbonyl (C=O) groups excluding carboxylic acids is 1. The van der Waals surface area contributed by atoms with E-state index in [1.807, 2.05) is 36.4 Å². The van der Waals surface area contributed by atoms with Gasteiger partial charge >= 0.3 is 0 Å². The van der Waals surface area contributed by atoms with Gasteiger partial charge in [0.25, 0.3) is 0 Å². The molecule has 0 aromatic heterocycles. The van der Waals surface area contributed by atoms with Crippen molar-refractivity contribution < 1.29 is 4.79 Å². The molecular formula is C35H32O. The Kier molecular flexibility index (Phi) is 4.83. The van der Waals surface area contributed by atoms with Gasteiger partial charge in [-0.25, -0.2) is 0 Å². The van der Waals surface area contributed by atoms with Gasteiger partial charge in [-0.05, 0) is 67.1 Å². The average molecular weight is 469 g/mol. The third-order valence-electron chi connectivity index (χ3n) is 7.65. The normalized spacial score (nSPS) is 15.3. The molecule has 0 radical (unpaired) electrons. The van der Waals surface area contributed by atoms with Crippen molar-refractivity contribution in [1.82, 2.24) is 0 Å². The number of allylic oxidation sites excluding steroid dienone is 4. The molecular weight excluding hydrogens is 436 g/mol. The molecule has 0 saturated carbocycles. The van der Waals surface area contributed by atoms with Gasteiger partial charge in [0.1, 0.15) is 0 Å². The molecule has 178 valence electrons. The Balaban J connectivity index is 1.80. The highest BCUT2D eigenvalue weighted by Crippen LogP contribution is 2.57. The monoisotopic (exact) mass is 468 g/mol. The third-order valence-corrected chi connectivity index (χ3v) is 7.65. The zero-order chi connectivity index (χ0) is 25.4. The largest absolute Gasteiger partial charge is 0.289 e. The van der Waals surface area contributed by atoms with E-state index in [2.05, 4.69) is 90.1 Å². The predicted octanol–water partition coefficient (Wildman–Crippen LogP) is 8.85. The second kappa shape index (κ2) is 7.64. The van der Waals surface area contributed by atoms with Crippen LogP contribution in [0.5, 0.6) is 0 Å². The van der Waals surface area contributed by atoms with E-state index in [4.69, 9.17) is 0 Å². The van der Waals surface area contributed by atoms with Crippen LogP contribution in [0.4, 0.5) is 0 Å². The number of carbonyl (C=O) groups is 1. The van der Waals surface area contributed by atoms with Crippen LogP contribution in [-0.2, 0) is 15.6 Å². The fourth-order valence-corrected chi connectivity index (χ4v) is 5.68. The summed E-state index contributed by atoms with van der Waals surface area (Å²) < 4.78 is 0. The number of hydrogen-bond acceptors (Lipinski definition) is 1. The molecule has 0 spiro atoms. The summed E-state index contributed by atoms with van der Waals surface area (Å²) >= 11 is 0. The van der Waals surface area contributed by atoms with Gasteiger partial charge < -0.3 is 0 Å². The Morgan fingerprint density at radius 3 is 1.25 bits per heavy atom. The Hall–Kier alpha value is -3.71. The molecule has 0 unspecified atom stereocenters. The molecule has 6 rings (SSSR count). The minimum atomic E-state index is -0.00655. The lowest BCUT2D eigenvalue weighted by atomic mass is 9.81. The van der Waals surface area contributed by atoms with E-state index in [9.17, 15) is 4.79 Å². The summed E-state index contributed by atoms with van der Waals surface area (Å²) in [6, 6.07) is 29.8. The highest BCUT2D eigenvalue weighted by Gasteiger charge is 2.41. The molecule has 4 aromatic rings. The van der Waals surface area contributed by atoms with Crippen molar-refractivity contribution in [2.45, 2.75) is 52.4 Å². The molecule has 0 N–H and O–H groups in total. The summed E-state index contributed by atoms with van der Waals surface area (Å²) in [6.45, 7) is 13.6. The summed E-state index contributed by atoms with van der Waals surface area (Å²) in [6.07, 6.45) is 0. The first-order chi connectivity index (χ1) is 17.1. The van der Waals surface area contributed by atoms with Gasteiger partial charge in [-0.15, -0.1) is 0 Å². The topological polar surface area (TPSA) is 17.1 Å². The molecule has 0 atom stereocenters. The third kappa shape index (κ3) is 3.33. The fraction of sp³-hybridized carbons (Fsp3) is 0.229. The lowest BCUT2D eigenvalue weighted by molar-refractivity contribution is -0.108. The van der Waals surface area contributed by atoms with E-state index in [0.29, 0.717) is 0 Å². The van der Waals surface area contributed by atoms with E-state index in [-0.39, 0.29) is 16.6 Å². The molecule has 0 saturated heterocycles. The zero-order valence-electron chi connectivity index (χ0n) is 22.0. The van der Waals surface area contributed by atoms with Gasteiger partial charge in [-0.1, -0.05) is 114 Å². The minimum absolute atomic E-state index is 0.00655. The molecule has 0 aliphatic heterocycles. The molecule has 0 fully saturated rings. The van der Waals surface area contributed by atoms with Crippen LogP contribution in [0.25, 0.3) is 33.1 Å². The highest BCUT2D eigenvalue weighted by molar-refractivity contribution is 6.61. The number of hydrogen-bond donors (Lipinski definition) is 0. The van der Waals surface area contributed by atoms with Gasteiger partial charge in [0.05, 0.1) is 0 Å². The molecule has 1 heteroatoms. The van der Waals surface area contributed by atoms with E-state index in [0.717, 1.165) is 33.4 Å². The van der Waals surface area contributed by atoms with E-state index in [1.165, 1.54) is 33.0 Å². The van der Waals surface area contributed by atoms with Gasteiger partial charge in [-0.2, -0.15) is 0 Å². The van der Waals surface area contributed by atoms with Crippen LogP contribution in [0.15, 0.2) is 84.9 Å². The standard InChI is InChI=1S/C35H32O/c1-34(2,3)24-17-23-18-25(35(4,5)6)20-27-28(23)26(19-24)31-29(21-13-9-7-10-14-21)33(36)30(32(27)31)22-15-11-8-12-16-22/h7-20H,1-6H3. The Morgan fingerprint density at radius 1 is 0.500 bits per heavy atom. The molecule has 0 heterocycles. The maximum atomic E-state index is 14.3. The molecule has 4 aromatic carbocycles. The SMILES string of the molecule is CC(C)(C)c1cc2c3c(cc(C(C)(C)C)cc3c1)C1=C(c3ccccc3)C(=O)C(c3ccccc3)=C12. The van der Waals surface area contributed by atoms with Gasteiger partial charge in [0.2, 0.25) is 0 Å². The summed E-state index contributed by atoms with van der Waals surface area (Å²) in [4.78, 5) is 14.3. The Morgan fingerprint density at radius 2 is 0.889 bits per heavy atom. The number of fused-ring (bicyclic) bond motifs is 3. The smallest absolute Gasteiger partial charge is 0.195 e. The van der Waals surface area contributed by atoms with Crippen LogP contribution in [0, 0.1) is 0 Å². The minimum Gasteiger partial charge on any atom is -0.289 e. The zero-order valence-corrected chi connectivity index (χ0v) is 22.0. The Bertz CT molecular complexity index is 1500. The maximum absolute atomic E-state index is 14.3. The first kappa shape index (κ1) is 22.7. The summed E-state index contributed by atoms with van der Waals surface area (Å²) in [7, 11) is 0. The van der Waals surface area contributed by atoms with Crippen LogP contribution in [0.2, 0.25) is 0 Å². The maximum Gasteiger partial charge on any atom is 0.195 e. The van der Waals surface area contributed by atoms with Crippen molar-refractivity contribution in [2.24, 2.45) is 0 Å². The van der Waals surface area contributed by atoms with Crippen LogP contribution in [0.3, 0.4) is 0 Å². The van der Waals surface area contributed by atoms with Gasteiger partial charge in [0.15, 0.2) is 5.78 Å². The quantitative estimate of drug-likeness (QED) is 0.287. The second-order valence-electron chi connectivity index (χ2n) is 12.2. The molecule has 0 bridgehead atoms. The van der Waals surface area contributed by atoms with Crippen molar-refractivity contribution in [2.75, 3.05) is 0 Å².